The number of carbonyl (C=O) groups is 1. The van der Waals surface area contributed by atoms with Crippen LogP contribution < -0.4 is 5.73 Å². The summed E-state index contributed by atoms with van der Waals surface area (Å²) in [6.45, 7) is 0. The molecule has 0 aliphatic carbocycles. The third kappa shape index (κ3) is 4.55. The summed E-state index contributed by atoms with van der Waals surface area (Å²) < 4.78 is 0. The molecule has 0 saturated carbocycles. The molecule has 0 bridgehead atoms. The van der Waals surface area contributed by atoms with Crippen molar-refractivity contribution in [3.8, 4) is 0 Å². The molecule has 7 heteroatoms. The molecule has 7 nitrogen and oxygen atoms in total. The number of H-pyrrole nitrogens is 2. The summed E-state index contributed by atoms with van der Waals surface area (Å²) in [5.41, 5.74) is 6.38. The number of carbonyl (C=O) groups excluding carboxylic acids is 1. The predicted molar refractivity (Wildman–Crippen MR) is 79.1 cm³/mol. The lowest BCUT2D eigenvalue weighted by atomic mass is 9.91. The van der Waals surface area contributed by atoms with E-state index in [9.17, 15) is 4.79 Å². The van der Waals surface area contributed by atoms with E-state index in [0.717, 1.165) is 25.0 Å². The molecule has 0 radical (unpaired) electrons. The van der Waals surface area contributed by atoms with E-state index in [1.807, 2.05) is 0 Å². The molecule has 21 heavy (non-hydrogen) atoms. The van der Waals surface area contributed by atoms with Crippen molar-refractivity contribution in [2.75, 3.05) is 0 Å². The molecule has 1 atom stereocenters. The number of aromatic nitrogens is 4. The molecule has 0 saturated heterocycles. The van der Waals surface area contributed by atoms with Crippen molar-refractivity contribution in [2.24, 2.45) is 11.7 Å². The monoisotopic (exact) mass is 288 g/mol. The number of nitrogens with zero attached hydrogens (tertiary/aromatic N) is 2. The van der Waals surface area contributed by atoms with Crippen molar-refractivity contribution < 1.29 is 4.79 Å². The van der Waals surface area contributed by atoms with Crippen LogP contribution in [0.4, 0.5) is 0 Å². The van der Waals surface area contributed by atoms with Gasteiger partial charge in [-0.15, -0.1) is 0 Å². The van der Waals surface area contributed by atoms with Crippen molar-refractivity contribution in [3.05, 3.63) is 36.4 Å². The molecular formula is C14H20N6O. The minimum atomic E-state index is -0.126. The highest BCUT2D eigenvalue weighted by Crippen LogP contribution is 2.19. The summed E-state index contributed by atoms with van der Waals surface area (Å²) in [5, 5.41) is 7.26. The number of nitrogens with two attached hydrogens (primary N) is 1. The first-order chi connectivity index (χ1) is 10.2. The second-order valence-corrected chi connectivity index (χ2v) is 5.03. The van der Waals surface area contributed by atoms with Crippen LogP contribution in [0.5, 0.6) is 0 Å². The van der Waals surface area contributed by atoms with E-state index in [4.69, 9.17) is 11.1 Å². The van der Waals surface area contributed by atoms with Crippen LogP contribution in [0, 0.1) is 11.3 Å². The molecule has 0 spiro atoms. The van der Waals surface area contributed by atoms with Crippen LogP contribution >= 0.6 is 0 Å². The second-order valence-electron chi connectivity index (χ2n) is 5.03. The van der Waals surface area contributed by atoms with E-state index in [1.54, 1.807) is 24.9 Å². The molecule has 0 fully saturated rings. The van der Waals surface area contributed by atoms with Crippen molar-refractivity contribution >= 4 is 11.6 Å². The lowest BCUT2D eigenvalue weighted by molar-refractivity contribution is 0.0895. The van der Waals surface area contributed by atoms with Gasteiger partial charge >= 0.3 is 0 Å². The molecule has 1 unspecified atom stereocenters. The highest BCUT2D eigenvalue weighted by Gasteiger charge is 2.21. The van der Waals surface area contributed by atoms with Crippen LogP contribution in [-0.4, -0.2) is 31.6 Å². The Bertz CT molecular complexity index is 560. The van der Waals surface area contributed by atoms with Crippen molar-refractivity contribution in [1.29, 1.82) is 5.41 Å². The summed E-state index contributed by atoms with van der Waals surface area (Å²) in [4.78, 5) is 26.3. The number of hydrogen-bond acceptors (Lipinski definition) is 4. The maximum absolute atomic E-state index is 12.4. The Morgan fingerprint density at radius 3 is 2.86 bits per heavy atom. The van der Waals surface area contributed by atoms with Gasteiger partial charge in [-0.25, -0.2) is 9.97 Å². The molecule has 2 heterocycles. The Balaban J connectivity index is 1.95. The summed E-state index contributed by atoms with van der Waals surface area (Å²) in [5.74, 6) is 0.446. The van der Waals surface area contributed by atoms with Gasteiger partial charge in [-0.3, -0.25) is 10.2 Å². The first-order valence-electron chi connectivity index (χ1n) is 7.00. The Morgan fingerprint density at radius 1 is 1.38 bits per heavy atom. The molecule has 0 aromatic carbocycles. The van der Waals surface area contributed by atoms with E-state index in [1.165, 1.54) is 0 Å². The fourth-order valence-electron chi connectivity index (χ4n) is 2.29. The van der Waals surface area contributed by atoms with Gasteiger partial charge in [0.1, 0.15) is 0 Å². The van der Waals surface area contributed by atoms with Gasteiger partial charge < -0.3 is 15.7 Å². The van der Waals surface area contributed by atoms with Crippen molar-refractivity contribution in [3.63, 3.8) is 0 Å². The minimum Gasteiger partial charge on any atom is -0.388 e. The lowest BCUT2D eigenvalue weighted by Gasteiger charge is -2.14. The molecule has 2 aromatic heterocycles. The van der Waals surface area contributed by atoms with Gasteiger partial charge in [-0.1, -0.05) is 0 Å². The smallest absolute Gasteiger partial charge is 0.201 e. The average Bonchev–Trinajstić information content (AvgIpc) is 3.13. The molecular weight excluding hydrogens is 268 g/mol. The fourth-order valence-corrected chi connectivity index (χ4v) is 2.29. The van der Waals surface area contributed by atoms with E-state index < -0.39 is 0 Å². The Labute approximate surface area is 122 Å². The van der Waals surface area contributed by atoms with Crippen molar-refractivity contribution in [1.82, 2.24) is 19.9 Å². The first kappa shape index (κ1) is 15.0. The standard InChI is InChI=1S/C14H20N6O/c15-12(16)3-1-2-10(4-5-11-8-17-9-20-11)13(21)14-18-6-7-19-14/h6-10H,1-5H2,(H3,15,16)(H,17,20)(H,18,19). The zero-order valence-corrected chi connectivity index (χ0v) is 11.8. The zero-order valence-electron chi connectivity index (χ0n) is 11.8. The summed E-state index contributed by atoms with van der Waals surface area (Å²) in [7, 11) is 0. The van der Waals surface area contributed by atoms with E-state index >= 15 is 0 Å². The van der Waals surface area contributed by atoms with Crippen LogP contribution in [-0.2, 0) is 6.42 Å². The minimum absolute atomic E-state index is 0.0167. The number of nitrogens with one attached hydrogen (secondary N) is 3. The number of amidine groups is 1. The Kier molecular flexibility index (Phi) is 5.25. The highest BCUT2D eigenvalue weighted by molar-refractivity contribution is 5.94. The number of aromatic amines is 2. The number of aryl methyl sites for hydroxylation is 1. The van der Waals surface area contributed by atoms with Crippen LogP contribution in [0.1, 0.15) is 42.0 Å². The third-order valence-corrected chi connectivity index (χ3v) is 3.42. The maximum Gasteiger partial charge on any atom is 0.201 e. The van der Waals surface area contributed by atoms with E-state index in [2.05, 4.69) is 19.9 Å². The van der Waals surface area contributed by atoms with Gasteiger partial charge in [0.25, 0.3) is 0 Å². The van der Waals surface area contributed by atoms with E-state index in [-0.39, 0.29) is 17.5 Å². The Morgan fingerprint density at radius 2 is 2.24 bits per heavy atom. The van der Waals surface area contributed by atoms with Crippen LogP contribution in [0.15, 0.2) is 24.9 Å². The number of rotatable bonds is 9. The normalized spacial score (nSPS) is 12.2. The fraction of sp³-hybridized carbons (Fsp3) is 0.429. The molecule has 112 valence electrons. The largest absolute Gasteiger partial charge is 0.388 e. The number of imidazole rings is 2. The topological polar surface area (TPSA) is 124 Å². The van der Waals surface area contributed by atoms with E-state index in [0.29, 0.717) is 18.7 Å². The molecule has 0 aliphatic rings. The van der Waals surface area contributed by atoms with Gasteiger partial charge in [-0.2, -0.15) is 0 Å². The molecule has 0 aliphatic heterocycles. The van der Waals surface area contributed by atoms with Crippen LogP contribution in [0.25, 0.3) is 0 Å². The number of ketones is 1. The Hall–Kier alpha value is -2.44. The average molecular weight is 288 g/mol. The van der Waals surface area contributed by atoms with Gasteiger partial charge in [-0.05, 0) is 25.7 Å². The van der Waals surface area contributed by atoms with Crippen LogP contribution in [0.3, 0.4) is 0 Å². The molecule has 2 aromatic rings. The van der Waals surface area contributed by atoms with Crippen molar-refractivity contribution in [2.45, 2.75) is 32.1 Å². The highest BCUT2D eigenvalue weighted by atomic mass is 16.1. The lowest BCUT2D eigenvalue weighted by Crippen LogP contribution is -2.18. The summed E-state index contributed by atoms with van der Waals surface area (Å²) in [6.07, 6.45) is 10.1. The zero-order chi connectivity index (χ0) is 15.1. The van der Waals surface area contributed by atoms with Gasteiger partial charge in [0.05, 0.1) is 12.2 Å². The third-order valence-electron chi connectivity index (χ3n) is 3.42. The van der Waals surface area contributed by atoms with Gasteiger partial charge in [0.15, 0.2) is 5.82 Å². The molecule has 5 N–H and O–H groups in total. The van der Waals surface area contributed by atoms with Crippen LogP contribution in [0.2, 0.25) is 0 Å². The predicted octanol–water partition coefficient (Wildman–Crippen LogP) is 1.67. The molecule has 0 amide bonds. The quantitative estimate of drug-likeness (QED) is 0.318. The first-order valence-corrected chi connectivity index (χ1v) is 7.00. The number of Topliss-reactive ketones (excluding diaryl/α,β-unsaturated/α-hetero) is 1. The maximum atomic E-state index is 12.4. The molecule has 2 rings (SSSR count). The van der Waals surface area contributed by atoms with Gasteiger partial charge in [0, 0.05) is 36.6 Å². The summed E-state index contributed by atoms with van der Waals surface area (Å²) >= 11 is 0. The second kappa shape index (κ2) is 7.37. The summed E-state index contributed by atoms with van der Waals surface area (Å²) in [6, 6.07) is 0. The van der Waals surface area contributed by atoms with Gasteiger partial charge in [0.2, 0.25) is 5.78 Å². The SMILES string of the molecule is N=C(N)CCCC(CCc1cnc[nH]1)C(=O)c1ncc[nH]1. The number of hydrogen-bond donors (Lipinski definition) is 4.